The van der Waals surface area contributed by atoms with Crippen molar-refractivity contribution in [2.24, 2.45) is 0 Å². The smallest absolute Gasteiger partial charge is 0.246 e. The van der Waals surface area contributed by atoms with E-state index in [1.165, 1.54) is 5.01 Å². The molecule has 0 aromatic heterocycles. The number of carbonyl (C=O) groups excluding carboxylic acids is 2. The number of nitrogens with zero attached hydrogens (tertiary/aromatic N) is 1. The van der Waals surface area contributed by atoms with Crippen LogP contribution < -0.4 is 10.4 Å². The number of amides is 2. The van der Waals surface area contributed by atoms with Crippen molar-refractivity contribution in [1.82, 2.24) is 5.43 Å². The molecular formula is C11H12N2O2. The van der Waals surface area contributed by atoms with Crippen LogP contribution in [-0.2, 0) is 9.59 Å². The summed E-state index contributed by atoms with van der Waals surface area (Å²) < 4.78 is 0. The molecule has 4 nitrogen and oxygen atoms in total. The van der Waals surface area contributed by atoms with Crippen molar-refractivity contribution in [3.63, 3.8) is 0 Å². The van der Waals surface area contributed by atoms with E-state index in [-0.39, 0.29) is 24.7 Å². The second kappa shape index (κ2) is 3.73. The van der Waals surface area contributed by atoms with Crippen LogP contribution in [0.4, 0.5) is 5.69 Å². The average Bonchev–Trinajstić information content (AvgIpc) is 2.23. The van der Waals surface area contributed by atoms with E-state index in [0.717, 1.165) is 11.3 Å². The van der Waals surface area contributed by atoms with Gasteiger partial charge in [-0.3, -0.25) is 15.0 Å². The molecule has 1 N–H and O–H groups in total. The van der Waals surface area contributed by atoms with Gasteiger partial charge in [-0.05, 0) is 18.6 Å². The third kappa shape index (κ3) is 1.83. The Morgan fingerprint density at radius 1 is 1.20 bits per heavy atom. The normalized spacial score (nSPS) is 16.5. The highest BCUT2D eigenvalue weighted by Crippen LogP contribution is 2.20. The van der Waals surface area contributed by atoms with Crippen molar-refractivity contribution < 1.29 is 9.59 Å². The minimum absolute atomic E-state index is 0.0658. The van der Waals surface area contributed by atoms with Crippen LogP contribution in [0.2, 0.25) is 0 Å². The minimum Gasteiger partial charge on any atom is -0.273 e. The molecule has 2 rings (SSSR count). The Hall–Kier alpha value is -1.84. The maximum Gasteiger partial charge on any atom is 0.246 e. The van der Waals surface area contributed by atoms with Gasteiger partial charge in [0.1, 0.15) is 0 Å². The maximum atomic E-state index is 11.6. The first-order chi connectivity index (χ1) is 7.18. The number of hydrogen-bond donors (Lipinski definition) is 1. The van der Waals surface area contributed by atoms with Crippen LogP contribution in [0, 0.1) is 6.92 Å². The fourth-order valence-corrected chi connectivity index (χ4v) is 1.58. The third-order valence-electron chi connectivity index (χ3n) is 2.41. The van der Waals surface area contributed by atoms with Crippen LogP contribution in [0.15, 0.2) is 24.3 Å². The molecule has 1 aliphatic rings. The van der Waals surface area contributed by atoms with E-state index in [0.29, 0.717) is 0 Å². The standard InChI is InChI=1S/C11H12N2O2/c1-8-4-2-3-5-9(8)13-11(15)7-6-10(14)12-13/h2-5H,6-7H2,1H3,(H,12,14). The number of rotatable bonds is 1. The molecule has 2 amide bonds. The van der Waals surface area contributed by atoms with Gasteiger partial charge >= 0.3 is 0 Å². The molecule has 15 heavy (non-hydrogen) atoms. The highest BCUT2D eigenvalue weighted by Gasteiger charge is 2.24. The Balaban J connectivity index is 2.33. The first kappa shape index (κ1) is 9.71. The van der Waals surface area contributed by atoms with E-state index in [4.69, 9.17) is 0 Å². The number of hydrazine groups is 1. The fraction of sp³-hybridized carbons (Fsp3) is 0.273. The molecule has 1 aromatic rings. The predicted octanol–water partition coefficient (Wildman–Crippen LogP) is 1.15. The lowest BCUT2D eigenvalue weighted by molar-refractivity contribution is -0.130. The summed E-state index contributed by atoms with van der Waals surface area (Å²) in [4.78, 5) is 22.8. The molecule has 0 unspecified atom stereocenters. The SMILES string of the molecule is Cc1ccccc1N1NC(=O)CCC1=O. The average molecular weight is 204 g/mol. The number of hydrogen-bond acceptors (Lipinski definition) is 2. The van der Waals surface area contributed by atoms with Gasteiger partial charge in [0, 0.05) is 12.8 Å². The number of carbonyl (C=O) groups is 2. The Labute approximate surface area is 87.9 Å². The Morgan fingerprint density at radius 2 is 1.93 bits per heavy atom. The van der Waals surface area contributed by atoms with Gasteiger partial charge in [-0.15, -0.1) is 0 Å². The van der Waals surface area contributed by atoms with E-state index < -0.39 is 0 Å². The second-order valence-electron chi connectivity index (χ2n) is 3.55. The molecule has 4 heteroatoms. The van der Waals surface area contributed by atoms with Crippen LogP contribution in [0.1, 0.15) is 18.4 Å². The molecule has 1 saturated heterocycles. The highest BCUT2D eigenvalue weighted by molar-refractivity contribution is 6.01. The van der Waals surface area contributed by atoms with Crippen LogP contribution in [-0.4, -0.2) is 11.8 Å². The van der Waals surface area contributed by atoms with E-state index in [2.05, 4.69) is 5.43 Å². The van der Waals surface area contributed by atoms with Crippen LogP contribution in [0.5, 0.6) is 0 Å². The molecular weight excluding hydrogens is 192 g/mol. The summed E-state index contributed by atoms with van der Waals surface area (Å²) in [5, 5.41) is 1.33. The topological polar surface area (TPSA) is 49.4 Å². The van der Waals surface area contributed by atoms with Crippen molar-refractivity contribution in [2.75, 3.05) is 5.01 Å². The summed E-state index contributed by atoms with van der Waals surface area (Å²) in [6.07, 6.45) is 0.557. The van der Waals surface area contributed by atoms with Crippen molar-refractivity contribution in [1.29, 1.82) is 0 Å². The molecule has 78 valence electrons. The predicted molar refractivity (Wildman–Crippen MR) is 56.0 cm³/mol. The van der Waals surface area contributed by atoms with E-state index in [9.17, 15) is 9.59 Å². The number of anilines is 1. The second-order valence-corrected chi connectivity index (χ2v) is 3.55. The number of nitrogens with one attached hydrogen (secondary N) is 1. The van der Waals surface area contributed by atoms with Crippen molar-refractivity contribution in [3.8, 4) is 0 Å². The lowest BCUT2D eigenvalue weighted by Crippen LogP contribution is -2.50. The van der Waals surface area contributed by atoms with Gasteiger partial charge < -0.3 is 0 Å². The van der Waals surface area contributed by atoms with Gasteiger partial charge in [-0.1, -0.05) is 18.2 Å². The van der Waals surface area contributed by atoms with E-state index in [1.807, 2.05) is 31.2 Å². The molecule has 0 saturated carbocycles. The summed E-state index contributed by atoms with van der Waals surface area (Å²) in [7, 11) is 0. The molecule has 0 bridgehead atoms. The summed E-state index contributed by atoms with van der Waals surface area (Å²) >= 11 is 0. The number of benzene rings is 1. The largest absolute Gasteiger partial charge is 0.273 e. The molecule has 0 spiro atoms. The molecule has 1 aliphatic heterocycles. The molecule has 0 radical (unpaired) electrons. The molecule has 1 aromatic carbocycles. The van der Waals surface area contributed by atoms with Gasteiger partial charge in [-0.25, -0.2) is 5.01 Å². The van der Waals surface area contributed by atoms with Gasteiger partial charge in [-0.2, -0.15) is 0 Å². The van der Waals surface area contributed by atoms with Crippen molar-refractivity contribution in [2.45, 2.75) is 19.8 Å². The number of aryl methyl sites for hydroxylation is 1. The summed E-state index contributed by atoms with van der Waals surface area (Å²) in [5.41, 5.74) is 4.28. The van der Waals surface area contributed by atoms with Gasteiger partial charge in [0.25, 0.3) is 0 Å². The van der Waals surface area contributed by atoms with Crippen LogP contribution in [0.25, 0.3) is 0 Å². The molecule has 1 fully saturated rings. The zero-order valence-electron chi connectivity index (χ0n) is 8.49. The first-order valence-corrected chi connectivity index (χ1v) is 4.86. The van der Waals surface area contributed by atoms with Gasteiger partial charge in [0.15, 0.2) is 0 Å². The molecule has 1 heterocycles. The van der Waals surface area contributed by atoms with Gasteiger partial charge in [0.2, 0.25) is 11.8 Å². The van der Waals surface area contributed by atoms with Crippen LogP contribution in [0.3, 0.4) is 0 Å². The third-order valence-corrected chi connectivity index (χ3v) is 2.41. The fourth-order valence-electron chi connectivity index (χ4n) is 1.58. The lowest BCUT2D eigenvalue weighted by Gasteiger charge is -2.28. The zero-order chi connectivity index (χ0) is 10.8. The molecule has 0 aliphatic carbocycles. The summed E-state index contributed by atoms with van der Waals surface area (Å²) in [5.74, 6) is -0.179. The van der Waals surface area contributed by atoms with Crippen molar-refractivity contribution in [3.05, 3.63) is 29.8 Å². The Morgan fingerprint density at radius 3 is 2.67 bits per heavy atom. The maximum absolute atomic E-state index is 11.6. The summed E-state index contributed by atoms with van der Waals surface area (Å²) in [6.45, 7) is 1.91. The molecule has 0 atom stereocenters. The highest BCUT2D eigenvalue weighted by atomic mass is 16.2. The van der Waals surface area contributed by atoms with E-state index in [1.54, 1.807) is 0 Å². The monoisotopic (exact) mass is 204 g/mol. The Kier molecular flexibility index (Phi) is 2.41. The quantitative estimate of drug-likeness (QED) is 0.746. The summed E-state index contributed by atoms with van der Waals surface area (Å²) in [6, 6.07) is 7.47. The lowest BCUT2D eigenvalue weighted by atomic mass is 10.1. The van der Waals surface area contributed by atoms with Crippen LogP contribution >= 0.6 is 0 Å². The number of para-hydroxylation sites is 1. The van der Waals surface area contributed by atoms with Crippen molar-refractivity contribution >= 4 is 17.5 Å². The Bertz CT molecular complexity index is 415. The minimum atomic E-state index is -0.113. The van der Waals surface area contributed by atoms with Gasteiger partial charge in [0.05, 0.1) is 5.69 Å². The first-order valence-electron chi connectivity index (χ1n) is 4.86. The zero-order valence-corrected chi connectivity index (χ0v) is 8.49. The van der Waals surface area contributed by atoms with E-state index >= 15 is 0 Å².